The highest BCUT2D eigenvalue weighted by atomic mass is 16.2. The third-order valence-electron chi connectivity index (χ3n) is 5.54. The summed E-state index contributed by atoms with van der Waals surface area (Å²) in [6, 6.07) is 16.0. The molecule has 0 aromatic heterocycles. The number of nitrogens with one attached hydrogen (secondary N) is 1. The standard InChI is InChI=1S/C23H29N3O2/c1-17-8-7-11-21(18(17)2)25-12-14-26(15-13-25)23(28)16-22(27)24-19(3)20-9-5-4-6-10-20/h4-11,19H,12-16H2,1-3H3,(H,24,27). The molecule has 1 aliphatic heterocycles. The fraction of sp³-hybridized carbons (Fsp3) is 0.391. The SMILES string of the molecule is Cc1cccc(N2CCN(C(=O)CC(=O)NC(C)c3ccccc3)CC2)c1C. The molecule has 5 nitrogen and oxygen atoms in total. The van der Waals surface area contributed by atoms with E-state index in [1.807, 2.05) is 37.3 Å². The second kappa shape index (κ2) is 8.91. The Balaban J connectivity index is 1.50. The predicted octanol–water partition coefficient (Wildman–Crippen LogP) is 3.22. The molecule has 1 N–H and O–H groups in total. The fourth-order valence-corrected chi connectivity index (χ4v) is 3.64. The summed E-state index contributed by atoms with van der Waals surface area (Å²) >= 11 is 0. The summed E-state index contributed by atoms with van der Waals surface area (Å²) in [4.78, 5) is 28.9. The van der Waals surface area contributed by atoms with Gasteiger partial charge in [0.2, 0.25) is 11.8 Å². The molecule has 2 aromatic rings. The van der Waals surface area contributed by atoms with E-state index in [0.29, 0.717) is 13.1 Å². The van der Waals surface area contributed by atoms with Crippen LogP contribution >= 0.6 is 0 Å². The van der Waals surface area contributed by atoms with Gasteiger partial charge in [0.1, 0.15) is 6.42 Å². The average molecular weight is 380 g/mol. The molecule has 1 aliphatic rings. The first-order chi connectivity index (χ1) is 13.5. The quantitative estimate of drug-likeness (QED) is 0.812. The Hall–Kier alpha value is -2.82. The Morgan fingerprint density at radius 2 is 1.64 bits per heavy atom. The highest BCUT2D eigenvalue weighted by Gasteiger charge is 2.24. The fourth-order valence-electron chi connectivity index (χ4n) is 3.64. The van der Waals surface area contributed by atoms with Gasteiger partial charge in [-0.25, -0.2) is 0 Å². The van der Waals surface area contributed by atoms with Crippen LogP contribution in [0.4, 0.5) is 5.69 Å². The van der Waals surface area contributed by atoms with E-state index in [-0.39, 0.29) is 24.3 Å². The molecule has 148 valence electrons. The van der Waals surface area contributed by atoms with Gasteiger partial charge in [-0.3, -0.25) is 9.59 Å². The van der Waals surface area contributed by atoms with Crippen LogP contribution in [0.3, 0.4) is 0 Å². The van der Waals surface area contributed by atoms with Crippen LogP contribution in [0.1, 0.15) is 36.1 Å². The minimum Gasteiger partial charge on any atom is -0.368 e. The van der Waals surface area contributed by atoms with Gasteiger partial charge in [0.25, 0.3) is 0 Å². The van der Waals surface area contributed by atoms with Crippen LogP contribution in [0.25, 0.3) is 0 Å². The molecule has 0 saturated carbocycles. The van der Waals surface area contributed by atoms with Gasteiger partial charge in [0.05, 0.1) is 6.04 Å². The van der Waals surface area contributed by atoms with Gasteiger partial charge in [0.15, 0.2) is 0 Å². The summed E-state index contributed by atoms with van der Waals surface area (Å²) in [5, 5.41) is 2.92. The summed E-state index contributed by atoms with van der Waals surface area (Å²) in [5.74, 6) is -0.323. The van der Waals surface area contributed by atoms with Crippen molar-refractivity contribution in [1.82, 2.24) is 10.2 Å². The lowest BCUT2D eigenvalue weighted by Gasteiger charge is -2.37. The van der Waals surface area contributed by atoms with Crippen molar-refractivity contribution < 1.29 is 9.59 Å². The predicted molar refractivity (Wildman–Crippen MR) is 112 cm³/mol. The Kier molecular flexibility index (Phi) is 6.34. The second-order valence-corrected chi connectivity index (χ2v) is 7.46. The molecular weight excluding hydrogens is 350 g/mol. The van der Waals surface area contributed by atoms with Gasteiger partial charge in [0, 0.05) is 31.9 Å². The van der Waals surface area contributed by atoms with E-state index in [4.69, 9.17) is 0 Å². The third kappa shape index (κ3) is 4.71. The number of carbonyl (C=O) groups is 2. The zero-order valence-electron chi connectivity index (χ0n) is 16.9. The van der Waals surface area contributed by atoms with Crippen LogP contribution in [0, 0.1) is 13.8 Å². The zero-order valence-corrected chi connectivity index (χ0v) is 16.9. The zero-order chi connectivity index (χ0) is 20.1. The van der Waals surface area contributed by atoms with Gasteiger partial charge in [-0.1, -0.05) is 42.5 Å². The number of anilines is 1. The van der Waals surface area contributed by atoms with E-state index in [1.165, 1.54) is 16.8 Å². The number of hydrogen-bond donors (Lipinski definition) is 1. The molecule has 1 fully saturated rings. The molecule has 28 heavy (non-hydrogen) atoms. The molecule has 1 unspecified atom stereocenters. The molecule has 0 aliphatic carbocycles. The molecular formula is C23H29N3O2. The Bertz CT molecular complexity index is 827. The van der Waals surface area contributed by atoms with E-state index in [0.717, 1.165) is 18.7 Å². The maximum Gasteiger partial charge on any atom is 0.232 e. The number of benzene rings is 2. The van der Waals surface area contributed by atoms with Crippen molar-refractivity contribution in [2.75, 3.05) is 31.1 Å². The molecule has 0 bridgehead atoms. The molecule has 0 spiro atoms. The van der Waals surface area contributed by atoms with Gasteiger partial charge in [-0.05, 0) is 43.5 Å². The Labute approximate surface area is 167 Å². The number of hydrogen-bond acceptors (Lipinski definition) is 3. The van der Waals surface area contributed by atoms with Crippen molar-refractivity contribution in [1.29, 1.82) is 0 Å². The van der Waals surface area contributed by atoms with Crippen molar-refractivity contribution in [2.45, 2.75) is 33.2 Å². The maximum atomic E-state index is 12.5. The summed E-state index contributed by atoms with van der Waals surface area (Å²) in [5.41, 5.74) is 4.84. The van der Waals surface area contributed by atoms with Crippen molar-refractivity contribution in [3.8, 4) is 0 Å². The van der Waals surface area contributed by atoms with Crippen LogP contribution in [-0.2, 0) is 9.59 Å². The van der Waals surface area contributed by atoms with E-state index in [2.05, 4.69) is 42.3 Å². The molecule has 2 amide bonds. The smallest absolute Gasteiger partial charge is 0.232 e. The lowest BCUT2D eigenvalue weighted by Crippen LogP contribution is -2.49. The van der Waals surface area contributed by atoms with Gasteiger partial charge in [-0.2, -0.15) is 0 Å². The van der Waals surface area contributed by atoms with Crippen LogP contribution in [0.5, 0.6) is 0 Å². The van der Waals surface area contributed by atoms with Gasteiger partial charge >= 0.3 is 0 Å². The molecule has 2 aromatic carbocycles. The Morgan fingerprint density at radius 1 is 0.964 bits per heavy atom. The van der Waals surface area contributed by atoms with Gasteiger partial charge in [-0.15, -0.1) is 0 Å². The third-order valence-corrected chi connectivity index (χ3v) is 5.54. The first kappa shape index (κ1) is 19.9. The highest BCUT2D eigenvalue weighted by Crippen LogP contribution is 2.24. The highest BCUT2D eigenvalue weighted by molar-refractivity contribution is 5.97. The summed E-state index contributed by atoms with van der Waals surface area (Å²) in [7, 11) is 0. The minimum absolute atomic E-state index is 0.0966. The van der Waals surface area contributed by atoms with Crippen LogP contribution in [0.15, 0.2) is 48.5 Å². The molecule has 1 saturated heterocycles. The number of carbonyl (C=O) groups excluding carboxylic acids is 2. The summed E-state index contributed by atoms with van der Waals surface area (Å²) in [6.07, 6.45) is -0.0966. The number of rotatable bonds is 5. The monoisotopic (exact) mass is 379 g/mol. The molecule has 1 atom stereocenters. The summed E-state index contributed by atoms with van der Waals surface area (Å²) < 4.78 is 0. The average Bonchev–Trinajstić information content (AvgIpc) is 2.70. The lowest BCUT2D eigenvalue weighted by molar-refractivity contribution is -0.136. The summed E-state index contributed by atoms with van der Waals surface area (Å²) in [6.45, 7) is 9.06. The van der Waals surface area contributed by atoms with Crippen molar-refractivity contribution >= 4 is 17.5 Å². The molecule has 5 heteroatoms. The van der Waals surface area contributed by atoms with Crippen molar-refractivity contribution in [3.05, 3.63) is 65.2 Å². The molecule has 3 rings (SSSR count). The Morgan fingerprint density at radius 3 is 2.32 bits per heavy atom. The van der Waals surface area contributed by atoms with Crippen molar-refractivity contribution in [3.63, 3.8) is 0 Å². The topological polar surface area (TPSA) is 52.7 Å². The van der Waals surface area contributed by atoms with E-state index < -0.39 is 0 Å². The second-order valence-electron chi connectivity index (χ2n) is 7.46. The number of piperazine rings is 1. The van der Waals surface area contributed by atoms with Crippen LogP contribution in [0.2, 0.25) is 0 Å². The van der Waals surface area contributed by atoms with Gasteiger partial charge < -0.3 is 15.1 Å². The van der Waals surface area contributed by atoms with Crippen LogP contribution in [-0.4, -0.2) is 42.9 Å². The van der Waals surface area contributed by atoms with E-state index in [9.17, 15) is 9.59 Å². The number of amides is 2. The minimum atomic E-state index is -0.224. The van der Waals surface area contributed by atoms with E-state index >= 15 is 0 Å². The first-order valence-corrected chi connectivity index (χ1v) is 9.89. The first-order valence-electron chi connectivity index (χ1n) is 9.89. The molecule has 0 radical (unpaired) electrons. The van der Waals surface area contributed by atoms with Crippen LogP contribution < -0.4 is 10.2 Å². The molecule has 1 heterocycles. The van der Waals surface area contributed by atoms with Crippen molar-refractivity contribution in [2.24, 2.45) is 0 Å². The lowest BCUT2D eigenvalue weighted by atomic mass is 10.1. The number of nitrogens with zero attached hydrogens (tertiary/aromatic N) is 2. The van der Waals surface area contributed by atoms with E-state index in [1.54, 1.807) is 4.90 Å². The maximum absolute atomic E-state index is 12.5. The normalized spacial score (nSPS) is 15.2. The largest absolute Gasteiger partial charge is 0.368 e. The number of aryl methyl sites for hydroxylation is 1.